The minimum absolute atomic E-state index is 0.283. The van der Waals surface area contributed by atoms with E-state index in [2.05, 4.69) is 37.9 Å². The summed E-state index contributed by atoms with van der Waals surface area (Å²) in [6.07, 6.45) is 1.01. The molecule has 0 bridgehead atoms. The van der Waals surface area contributed by atoms with Crippen LogP contribution in [0.15, 0.2) is 30.3 Å². The number of carbonyl (C=O) groups excluding carboxylic acids is 2. The number of ether oxygens (including phenoxy) is 2. The van der Waals surface area contributed by atoms with Crippen LogP contribution in [0.1, 0.15) is 32.7 Å². The number of imide groups is 1. The maximum Gasteiger partial charge on any atom is 0.259 e. The predicted octanol–water partition coefficient (Wildman–Crippen LogP) is 2.23. The van der Waals surface area contributed by atoms with Crippen LogP contribution in [-0.2, 0) is 22.6 Å². The molecular weight excluding hydrogens is 432 g/mol. The molecule has 4 heterocycles. The quantitative estimate of drug-likeness (QED) is 0.567. The zero-order valence-corrected chi connectivity index (χ0v) is 19.3. The van der Waals surface area contributed by atoms with Gasteiger partial charge in [0.1, 0.15) is 0 Å². The number of rotatable bonds is 6. The Bertz CT molecular complexity index is 1250. The topological polar surface area (TPSA) is 76.0 Å². The van der Waals surface area contributed by atoms with Gasteiger partial charge in [-0.1, -0.05) is 18.2 Å². The van der Waals surface area contributed by atoms with Gasteiger partial charge in [0.25, 0.3) is 11.8 Å². The van der Waals surface area contributed by atoms with E-state index in [1.165, 1.54) is 0 Å². The highest BCUT2D eigenvalue weighted by Crippen LogP contribution is 2.37. The molecule has 6 rings (SSSR count). The summed E-state index contributed by atoms with van der Waals surface area (Å²) < 4.78 is 13.3. The molecule has 0 saturated carbocycles. The van der Waals surface area contributed by atoms with E-state index in [1.807, 2.05) is 12.1 Å². The molecule has 1 N–H and O–H groups in total. The van der Waals surface area contributed by atoms with Crippen molar-refractivity contribution in [1.82, 2.24) is 19.7 Å². The molecule has 8 heteroatoms. The van der Waals surface area contributed by atoms with Crippen LogP contribution in [0.2, 0.25) is 0 Å². The lowest BCUT2D eigenvalue weighted by atomic mass is 9.96. The summed E-state index contributed by atoms with van der Waals surface area (Å²) in [5.74, 6) is -0.570. The second-order valence-electron chi connectivity index (χ2n) is 9.33. The van der Waals surface area contributed by atoms with E-state index in [4.69, 9.17) is 9.47 Å². The van der Waals surface area contributed by atoms with Crippen molar-refractivity contribution in [3.05, 3.63) is 47.0 Å². The van der Waals surface area contributed by atoms with Gasteiger partial charge in [0.15, 0.2) is 0 Å². The molecule has 2 fully saturated rings. The van der Waals surface area contributed by atoms with Gasteiger partial charge in [-0.05, 0) is 24.1 Å². The molecule has 2 amide bonds. The molecule has 3 aliphatic heterocycles. The van der Waals surface area contributed by atoms with Crippen molar-refractivity contribution in [1.29, 1.82) is 0 Å². The highest BCUT2D eigenvalue weighted by molar-refractivity contribution is 6.30. The lowest BCUT2D eigenvalue weighted by molar-refractivity contribution is 0.0341. The lowest BCUT2D eigenvalue weighted by Crippen LogP contribution is -2.37. The van der Waals surface area contributed by atoms with Gasteiger partial charge in [-0.2, -0.15) is 0 Å². The first-order chi connectivity index (χ1) is 16.7. The van der Waals surface area contributed by atoms with Gasteiger partial charge >= 0.3 is 0 Å². The first-order valence-electron chi connectivity index (χ1n) is 12.2. The number of carbonyl (C=O) groups is 2. The third-order valence-corrected chi connectivity index (χ3v) is 7.28. The van der Waals surface area contributed by atoms with Crippen LogP contribution < -0.4 is 5.32 Å². The molecule has 0 unspecified atom stereocenters. The fraction of sp³-hybridized carbons (Fsp3) is 0.462. The standard InChI is InChI=1S/C26H30N4O4/c31-25-22-18(17-29-10-14-34-15-11-29)16-21-23(24(22)26(32)27-25)19-4-1-2-5-20(19)30(21)7-3-6-28-8-12-33-13-9-28/h1-2,4-5,16H,3,6-15,17H2,(H,27,31,32). The molecule has 0 spiro atoms. The predicted molar refractivity (Wildman–Crippen MR) is 129 cm³/mol. The van der Waals surface area contributed by atoms with Gasteiger partial charge in [0.05, 0.1) is 43.1 Å². The highest BCUT2D eigenvalue weighted by Gasteiger charge is 2.34. The SMILES string of the molecule is O=C1NC(=O)c2c1c(CN1CCOCC1)cc1c2c2ccccc2n1CCCN1CCOCC1. The van der Waals surface area contributed by atoms with Crippen molar-refractivity contribution in [2.45, 2.75) is 19.5 Å². The Hall–Kier alpha value is -2.78. The van der Waals surface area contributed by atoms with Crippen molar-refractivity contribution >= 4 is 33.6 Å². The number of hydrogen-bond donors (Lipinski definition) is 1. The Kier molecular flexibility index (Phi) is 5.82. The van der Waals surface area contributed by atoms with E-state index < -0.39 is 0 Å². The average molecular weight is 463 g/mol. The Morgan fingerprint density at radius 2 is 1.47 bits per heavy atom. The molecule has 34 heavy (non-hydrogen) atoms. The molecule has 3 aromatic rings. The summed E-state index contributed by atoms with van der Waals surface area (Å²) in [6.45, 7) is 9.10. The van der Waals surface area contributed by atoms with Crippen LogP contribution in [0.4, 0.5) is 0 Å². The number of benzene rings is 2. The van der Waals surface area contributed by atoms with Gasteiger partial charge in [-0.15, -0.1) is 0 Å². The van der Waals surface area contributed by atoms with Crippen LogP contribution in [0, 0.1) is 0 Å². The number of nitrogens with one attached hydrogen (secondary N) is 1. The first kappa shape index (κ1) is 21.7. The van der Waals surface area contributed by atoms with Crippen molar-refractivity contribution in [3.63, 3.8) is 0 Å². The van der Waals surface area contributed by atoms with Gasteiger partial charge in [0.2, 0.25) is 0 Å². The number of hydrogen-bond acceptors (Lipinski definition) is 6. The number of para-hydroxylation sites is 1. The maximum atomic E-state index is 13.0. The zero-order valence-electron chi connectivity index (χ0n) is 19.3. The molecule has 0 atom stereocenters. The normalized spacial score (nSPS) is 19.8. The number of aryl methyl sites for hydroxylation is 1. The van der Waals surface area contributed by atoms with Crippen LogP contribution in [0.5, 0.6) is 0 Å². The molecule has 1 aromatic heterocycles. The molecule has 3 aliphatic rings. The smallest absolute Gasteiger partial charge is 0.259 e. The summed E-state index contributed by atoms with van der Waals surface area (Å²) in [6, 6.07) is 10.4. The maximum absolute atomic E-state index is 13.0. The fourth-order valence-electron chi connectivity index (χ4n) is 5.62. The summed E-state index contributed by atoms with van der Waals surface area (Å²) in [4.78, 5) is 30.6. The number of fused-ring (bicyclic) bond motifs is 5. The van der Waals surface area contributed by atoms with Gasteiger partial charge in [0, 0.05) is 62.1 Å². The Balaban J connectivity index is 1.44. The number of nitrogens with zero attached hydrogens (tertiary/aromatic N) is 3. The van der Waals surface area contributed by atoms with Crippen molar-refractivity contribution in [2.75, 3.05) is 59.2 Å². The minimum Gasteiger partial charge on any atom is -0.379 e. The highest BCUT2D eigenvalue weighted by atomic mass is 16.5. The summed E-state index contributed by atoms with van der Waals surface area (Å²) in [5.41, 5.74) is 4.14. The third-order valence-electron chi connectivity index (χ3n) is 7.28. The molecule has 8 nitrogen and oxygen atoms in total. The number of morpholine rings is 2. The third kappa shape index (κ3) is 3.80. The van der Waals surface area contributed by atoms with Crippen molar-refractivity contribution < 1.29 is 19.1 Å². The summed E-state index contributed by atoms with van der Waals surface area (Å²) >= 11 is 0. The lowest BCUT2D eigenvalue weighted by Gasteiger charge is -2.27. The van der Waals surface area contributed by atoms with E-state index >= 15 is 0 Å². The van der Waals surface area contributed by atoms with Gasteiger partial charge < -0.3 is 14.0 Å². The minimum atomic E-state index is -0.287. The average Bonchev–Trinajstić information content (AvgIpc) is 3.34. The summed E-state index contributed by atoms with van der Waals surface area (Å²) in [5, 5.41) is 4.49. The van der Waals surface area contributed by atoms with Crippen LogP contribution in [0.25, 0.3) is 21.8 Å². The molecule has 2 aromatic carbocycles. The number of aromatic nitrogens is 1. The summed E-state index contributed by atoms with van der Waals surface area (Å²) in [7, 11) is 0. The van der Waals surface area contributed by atoms with E-state index in [9.17, 15) is 9.59 Å². The van der Waals surface area contributed by atoms with Crippen molar-refractivity contribution in [2.24, 2.45) is 0 Å². The zero-order chi connectivity index (χ0) is 23.1. The second kappa shape index (κ2) is 9.11. The molecular formula is C26H30N4O4. The van der Waals surface area contributed by atoms with Gasteiger partial charge in [-0.3, -0.25) is 24.7 Å². The Morgan fingerprint density at radius 3 is 2.24 bits per heavy atom. The van der Waals surface area contributed by atoms with Crippen molar-refractivity contribution in [3.8, 4) is 0 Å². The van der Waals surface area contributed by atoms with Crippen LogP contribution in [0.3, 0.4) is 0 Å². The van der Waals surface area contributed by atoms with Crippen LogP contribution >= 0.6 is 0 Å². The van der Waals surface area contributed by atoms with Crippen LogP contribution in [-0.4, -0.2) is 85.3 Å². The molecule has 0 aliphatic carbocycles. The first-order valence-corrected chi connectivity index (χ1v) is 12.2. The molecule has 178 valence electrons. The van der Waals surface area contributed by atoms with E-state index in [0.717, 1.165) is 86.3 Å². The number of amides is 2. The molecule has 2 saturated heterocycles. The van der Waals surface area contributed by atoms with E-state index in [1.54, 1.807) is 0 Å². The monoisotopic (exact) mass is 462 g/mol. The molecule has 0 radical (unpaired) electrons. The Morgan fingerprint density at radius 1 is 0.794 bits per heavy atom. The van der Waals surface area contributed by atoms with Gasteiger partial charge in [-0.25, -0.2) is 0 Å². The second-order valence-corrected chi connectivity index (χ2v) is 9.33. The van der Waals surface area contributed by atoms with E-state index in [0.29, 0.717) is 30.9 Å². The Labute approximate surface area is 198 Å². The van der Waals surface area contributed by atoms with E-state index in [-0.39, 0.29) is 11.8 Å². The fourth-order valence-corrected chi connectivity index (χ4v) is 5.62. The largest absolute Gasteiger partial charge is 0.379 e.